The maximum absolute atomic E-state index is 14.0. The third-order valence-electron chi connectivity index (χ3n) is 4.83. The lowest BCUT2D eigenvalue weighted by molar-refractivity contribution is 0.0983. The van der Waals surface area contributed by atoms with Crippen LogP contribution in [0.4, 0.5) is 8.78 Å². The number of hydrogen-bond donors (Lipinski definition) is 0. The Kier molecular flexibility index (Phi) is 5.77. The molecule has 0 saturated heterocycles. The fourth-order valence-corrected chi connectivity index (χ4v) is 3.32. The first kappa shape index (κ1) is 21.3. The summed E-state index contributed by atoms with van der Waals surface area (Å²) >= 11 is 0. The summed E-state index contributed by atoms with van der Waals surface area (Å²) in [6.45, 7) is 3.55. The number of nitrogens with zero attached hydrogens (tertiary/aromatic N) is 3. The number of ketones is 1. The summed E-state index contributed by atoms with van der Waals surface area (Å²) in [7, 11) is 0. The maximum atomic E-state index is 14.0. The zero-order valence-electron chi connectivity index (χ0n) is 17.4. The van der Waals surface area contributed by atoms with E-state index >= 15 is 0 Å². The molecule has 0 aliphatic rings. The van der Waals surface area contributed by atoms with Gasteiger partial charge in [0.15, 0.2) is 23.1 Å². The molecular formula is C24H19F2N3O3. The molecule has 2 heterocycles. The number of rotatable bonds is 6. The van der Waals surface area contributed by atoms with Crippen LogP contribution in [0.15, 0.2) is 65.6 Å². The summed E-state index contributed by atoms with van der Waals surface area (Å²) in [6, 6.07) is 13.1. The quantitative estimate of drug-likeness (QED) is 0.404. The van der Waals surface area contributed by atoms with E-state index in [0.717, 1.165) is 17.7 Å². The summed E-state index contributed by atoms with van der Waals surface area (Å²) in [5, 5.41) is 0.437. The molecule has 0 spiro atoms. The minimum absolute atomic E-state index is 0.00611. The molecule has 0 saturated carbocycles. The number of aromatic nitrogens is 3. The average molecular weight is 435 g/mol. The molecule has 2 aromatic heterocycles. The predicted molar refractivity (Wildman–Crippen MR) is 115 cm³/mol. The number of ether oxygens (including phenoxy) is 1. The number of halogens is 2. The van der Waals surface area contributed by atoms with Gasteiger partial charge in [-0.25, -0.2) is 18.7 Å². The Morgan fingerprint density at radius 3 is 2.50 bits per heavy atom. The van der Waals surface area contributed by atoms with Crippen molar-refractivity contribution in [3.05, 3.63) is 94.2 Å². The van der Waals surface area contributed by atoms with Gasteiger partial charge in [0.2, 0.25) is 5.78 Å². The Morgan fingerprint density at radius 1 is 1.06 bits per heavy atom. The normalized spacial score (nSPS) is 11.2. The van der Waals surface area contributed by atoms with Crippen molar-refractivity contribution in [1.29, 1.82) is 0 Å². The molecule has 0 fully saturated rings. The van der Waals surface area contributed by atoms with Crippen LogP contribution < -0.4 is 10.3 Å². The number of carbonyl (C=O) groups is 1. The standard InChI is InChI=1S/C24H19F2N3O3/c1-14(2)29-23-16(11-21(24(29)31)32-20-9-8-17(25)12-18(20)26)13-27-22(28-23)19(30)10-15-6-4-3-5-7-15/h3-9,11-14H,10H2,1-2H3. The summed E-state index contributed by atoms with van der Waals surface area (Å²) in [4.78, 5) is 34.3. The molecular weight excluding hydrogens is 416 g/mol. The molecule has 32 heavy (non-hydrogen) atoms. The number of pyridine rings is 1. The summed E-state index contributed by atoms with van der Waals surface area (Å²) in [6.07, 6.45) is 1.55. The molecule has 0 amide bonds. The van der Waals surface area contributed by atoms with Gasteiger partial charge in [-0.15, -0.1) is 0 Å². The van der Waals surface area contributed by atoms with Crippen molar-refractivity contribution in [2.45, 2.75) is 26.3 Å². The summed E-state index contributed by atoms with van der Waals surface area (Å²) < 4.78 is 34.0. The molecule has 162 valence electrons. The van der Waals surface area contributed by atoms with E-state index in [9.17, 15) is 18.4 Å². The first-order chi connectivity index (χ1) is 15.3. The van der Waals surface area contributed by atoms with Crippen LogP contribution in [0.25, 0.3) is 11.0 Å². The number of Topliss-reactive ketones (excluding diaryl/α,β-unsaturated/α-hetero) is 1. The molecule has 6 nitrogen and oxygen atoms in total. The number of carbonyl (C=O) groups excluding carboxylic acids is 1. The van der Waals surface area contributed by atoms with E-state index in [1.165, 1.54) is 16.8 Å². The Balaban J connectivity index is 1.76. The van der Waals surface area contributed by atoms with Crippen LogP contribution >= 0.6 is 0 Å². The van der Waals surface area contributed by atoms with Gasteiger partial charge >= 0.3 is 0 Å². The molecule has 4 rings (SSSR count). The number of hydrogen-bond acceptors (Lipinski definition) is 5. The molecule has 0 aliphatic carbocycles. The van der Waals surface area contributed by atoms with Gasteiger partial charge in [0, 0.05) is 30.1 Å². The van der Waals surface area contributed by atoms with E-state index in [-0.39, 0.29) is 41.2 Å². The van der Waals surface area contributed by atoms with Crippen molar-refractivity contribution in [2.24, 2.45) is 0 Å². The number of fused-ring (bicyclic) bond motifs is 1. The first-order valence-electron chi connectivity index (χ1n) is 9.96. The van der Waals surface area contributed by atoms with Crippen molar-refractivity contribution in [3.8, 4) is 11.5 Å². The maximum Gasteiger partial charge on any atom is 0.295 e. The zero-order chi connectivity index (χ0) is 22.8. The Bertz CT molecular complexity index is 1370. The molecule has 2 aromatic carbocycles. The van der Waals surface area contributed by atoms with Gasteiger partial charge in [-0.1, -0.05) is 30.3 Å². The second-order valence-corrected chi connectivity index (χ2v) is 7.51. The lowest BCUT2D eigenvalue weighted by Gasteiger charge is -2.16. The second kappa shape index (κ2) is 8.66. The van der Waals surface area contributed by atoms with Gasteiger partial charge < -0.3 is 4.74 Å². The van der Waals surface area contributed by atoms with Crippen molar-refractivity contribution in [2.75, 3.05) is 0 Å². The van der Waals surface area contributed by atoms with Crippen LogP contribution in [0.3, 0.4) is 0 Å². The summed E-state index contributed by atoms with van der Waals surface area (Å²) in [5.41, 5.74) is 0.534. The van der Waals surface area contributed by atoms with Crippen LogP contribution in [-0.2, 0) is 6.42 Å². The molecule has 0 unspecified atom stereocenters. The largest absolute Gasteiger partial charge is 0.448 e. The monoisotopic (exact) mass is 435 g/mol. The van der Waals surface area contributed by atoms with Gasteiger partial charge in [0.25, 0.3) is 5.56 Å². The third-order valence-corrected chi connectivity index (χ3v) is 4.83. The van der Waals surface area contributed by atoms with Gasteiger partial charge in [0.1, 0.15) is 11.5 Å². The highest BCUT2D eigenvalue weighted by molar-refractivity contribution is 5.95. The lowest BCUT2D eigenvalue weighted by Crippen LogP contribution is -2.25. The van der Waals surface area contributed by atoms with Gasteiger partial charge in [0.05, 0.1) is 0 Å². The second-order valence-electron chi connectivity index (χ2n) is 7.51. The molecule has 8 heteroatoms. The van der Waals surface area contributed by atoms with E-state index < -0.39 is 17.2 Å². The van der Waals surface area contributed by atoms with E-state index in [1.807, 2.05) is 30.3 Å². The fourth-order valence-electron chi connectivity index (χ4n) is 3.32. The Hall–Kier alpha value is -3.94. The highest BCUT2D eigenvalue weighted by Gasteiger charge is 2.19. The smallest absolute Gasteiger partial charge is 0.295 e. The SMILES string of the molecule is CC(C)n1c(=O)c(Oc2ccc(F)cc2F)cc2cnc(C(=O)Cc3ccccc3)nc21. The van der Waals surface area contributed by atoms with E-state index in [0.29, 0.717) is 11.5 Å². The number of benzene rings is 2. The predicted octanol–water partition coefficient (Wildman–Crippen LogP) is 4.87. The van der Waals surface area contributed by atoms with E-state index in [1.54, 1.807) is 13.8 Å². The van der Waals surface area contributed by atoms with Gasteiger partial charge in [-0.3, -0.25) is 14.2 Å². The molecule has 0 atom stereocenters. The van der Waals surface area contributed by atoms with Gasteiger partial charge in [-0.2, -0.15) is 0 Å². The summed E-state index contributed by atoms with van der Waals surface area (Å²) in [5.74, 6) is -2.42. The van der Waals surface area contributed by atoms with Crippen LogP contribution in [0.1, 0.15) is 36.1 Å². The molecule has 4 aromatic rings. The van der Waals surface area contributed by atoms with Crippen LogP contribution in [0.2, 0.25) is 0 Å². The topological polar surface area (TPSA) is 74.1 Å². The van der Waals surface area contributed by atoms with Crippen molar-refractivity contribution >= 4 is 16.8 Å². The van der Waals surface area contributed by atoms with Crippen molar-refractivity contribution in [3.63, 3.8) is 0 Å². The van der Waals surface area contributed by atoms with Crippen LogP contribution in [0.5, 0.6) is 11.5 Å². The van der Waals surface area contributed by atoms with Crippen molar-refractivity contribution < 1.29 is 18.3 Å². The zero-order valence-corrected chi connectivity index (χ0v) is 17.4. The fraction of sp³-hybridized carbons (Fsp3) is 0.167. The Labute approximate surface area is 182 Å². The molecule has 0 N–H and O–H groups in total. The first-order valence-corrected chi connectivity index (χ1v) is 9.96. The minimum atomic E-state index is -0.932. The lowest BCUT2D eigenvalue weighted by atomic mass is 10.1. The van der Waals surface area contributed by atoms with E-state index in [4.69, 9.17) is 4.74 Å². The highest BCUT2D eigenvalue weighted by Crippen LogP contribution is 2.26. The highest BCUT2D eigenvalue weighted by atomic mass is 19.1. The van der Waals surface area contributed by atoms with Gasteiger partial charge in [-0.05, 0) is 37.6 Å². The minimum Gasteiger partial charge on any atom is -0.448 e. The molecule has 0 bridgehead atoms. The van der Waals surface area contributed by atoms with Crippen LogP contribution in [-0.4, -0.2) is 20.3 Å². The van der Waals surface area contributed by atoms with E-state index in [2.05, 4.69) is 9.97 Å². The average Bonchev–Trinajstić information content (AvgIpc) is 2.76. The Morgan fingerprint density at radius 2 is 1.81 bits per heavy atom. The molecule has 0 aliphatic heterocycles. The third kappa shape index (κ3) is 4.25. The van der Waals surface area contributed by atoms with Crippen LogP contribution in [0, 0.1) is 11.6 Å². The molecule has 0 radical (unpaired) electrons. The van der Waals surface area contributed by atoms with Crippen molar-refractivity contribution in [1.82, 2.24) is 14.5 Å².